The van der Waals surface area contributed by atoms with Gasteiger partial charge < -0.3 is 15.6 Å². The van der Waals surface area contributed by atoms with E-state index in [0.717, 1.165) is 12.1 Å². The number of benzene rings is 1. The summed E-state index contributed by atoms with van der Waals surface area (Å²) in [5.41, 5.74) is 7.01. The number of nitrogens with zero attached hydrogens (tertiary/aromatic N) is 1. The minimum absolute atomic E-state index is 0.00406. The first kappa shape index (κ1) is 15.9. The minimum atomic E-state index is -0.302. The second kappa shape index (κ2) is 7.53. The predicted octanol–water partition coefficient (Wildman–Crippen LogP) is 0.718. The molecule has 0 radical (unpaired) electrons. The predicted molar refractivity (Wildman–Crippen MR) is 79.0 cm³/mol. The van der Waals surface area contributed by atoms with Gasteiger partial charge in [-0.15, -0.1) is 0 Å². The van der Waals surface area contributed by atoms with E-state index in [1.54, 1.807) is 6.07 Å². The molecule has 21 heavy (non-hydrogen) atoms. The first-order valence-electron chi connectivity index (χ1n) is 7.08. The molecule has 1 saturated heterocycles. The number of halogens is 1. The maximum atomic E-state index is 13.4. The molecule has 0 saturated carbocycles. The molecule has 3 N–H and O–H groups in total. The molecule has 0 aromatic heterocycles. The van der Waals surface area contributed by atoms with Crippen molar-refractivity contribution in [2.45, 2.75) is 25.7 Å². The largest absolute Gasteiger partial charge is 0.394 e. The average molecular weight is 292 g/mol. The van der Waals surface area contributed by atoms with Gasteiger partial charge in [-0.3, -0.25) is 4.90 Å². The molecule has 1 aliphatic heterocycles. The van der Waals surface area contributed by atoms with Gasteiger partial charge in [-0.05, 0) is 24.6 Å². The molecule has 1 aromatic rings. The Kier molecular flexibility index (Phi) is 5.71. The van der Waals surface area contributed by atoms with Gasteiger partial charge in [0.15, 0.2) is 0 Å². The molecule has 2 atom stereocenters. The van der Waals surface area contributed by atoms with Crippen LogP contribution in [0.2, 0.25) is 0 Å². The molecular formula is C16H21FN2O2. The molecule has 1 fully saturated rings. The lowest BCUT2D eigenvalue weighted by atomic mass is 10.1. The molecule has 2 rings (SSSR count). The van der Waals surface area contributed by atoms with E-state index >= 15 is 0 Å². The van der Waals surface area contributed by atoms with Crippen LogP contribution in [0.25, 0.3) is 0 Å². The number of hydrogen-bond acceptors (Lipinski definition) is 4. The van der Waals surface area contributed by atoms with Gasteiger partial charge in [0.05, 0.1) is 25.4 Å². The summed E-state index contributed by atoms with van der Waals surface area (Å²) >= 11 is 0. The Morgan fingerprint density at radius 2 is 2.29 bits per heavy atom. The highest BCUT2D eigenvalue weighted by Gasteiger charge is 2.25. The Labute approximate surface area is 124 Å². The van der Waals surface area contributed by atoms with Crippen molar-refractivity contribution in [3.63, 3.8) is 0 Å². The van der Waals surface area contributed by atoms with Gasteiger partial charge in [0.25, 0.3) is 0 Å². The monoisotopic (exact) mass is 292 g/mol. The second-order valence-electron chi connectivity index (χ2n) is 5.25. The van der Waals surface area contributed by atoms with Crippen LogP contribution in [0.1, 0.15) is 18.1 Å². The zero-order chi connectivity index (χ0) is 15.2. The van der Waals surface area contributed by atoms with Crippen LogP contribution >= 0.6 is 0 Å². The minimum Gasteiger partial charge on any atom is -0.394 e. The zero-order valence-electron chi connectivity index (χ0n) is 12.2. The van der Waals surface area contributed by atoms with Crippen molar-refractivity contribution in [1.82, 2.24) is 4.90 Å². The van der Waals surface area contributed by atoms with Crippen molar-refractivity contribution >= 4 is 0 Å². The fourth-order valence-corrected chi connectivity index (χ4v) is 2.56. The van der Waals surface area contributed by atoms with Gasteiger partial charge in [0, 0.05) is 25.2 Å². The van der Waals surface area contributed by atoms with Crippen molar-refractivity contribution in [1.29, 1.82) is 0 Å². The summed E-state index contributed by atoms with van der Waals surface area (Å²) in [6.07, 6.45) is -0.109. The lowest BCUT2D eigenvalue weighted by Crippen LogP contribution is -2.47. The molecule has 114 valence electrons. The van der Waals surface area contributed by atoms with Crippen molar-refractivity contribution < 1.29 is 14.2 Å². The molecule has 0 aliphatic carbocycles. The highest BCUT2D eigenvalue weighted by molar-refractivity contribution is 5.42. The van der Waals surface area contributed by atoms with E-state index in [-0.39, 0.29) is 31.2 Å². The Morgan fingerprint density at radius 3 is 3.00 bits per heavy atom. The number of aliphatic hydroxyl groups excluding tert-OH is 1. The van der Waals surface area contributed by atoms with E-state index in [0.29, 0.717) is 18.7 Å². The van der Waals surface area contributed by atoms with Gasteiger partial charge in [-0.25, -0.2) is 4.39 Å². The third kappa shape index (κ3) is 4.51. The molecule has 2 unspecified atom stereocenters. The highest BCUT2D eigenvalue weighted by Crippen LogP contribution is 2.17. The topological polar surface area (TPSA) is 58.7 Å². The van der Waals surface area contributed by atoms with Crippen LogP contribution in [0.5, 0.6) is 0 Å². The molecule has 1 heterocycles. The van der Waals surface area contributed by atoms with Crippen LogP contribution in [-0.4, -0.2) is 48.5 Å². The normalized spacial score (nSPS) is 22.7. The quantitative estimate of drug-likeness (QED) is 0.806. The molecule has 0 bridgehead atoms. The standard InChI is InChI=1S/C16H21FN2O2/c1-12-8-19(10-16(11-20)21-12)9-14-4-5-15(17)7-13(14)3-2-6-18/h4-5,7,12,16,20H,6,8-11,18H2,1H3. The Balaban J connectivity index is 2.14. The van der Waals surface area contributed by atoms with E-state index < -0.39 is 0 Å². The summed E-state index contributed by atoms with van der Waals surface area (Å²) in [6, 6.07) is 4.63. The molecule has 0 spiro atoms. The van der Waals surface area contributed by atoms with Crippen LogP contribution < -0.4 is 5.73 Å². The number of hydrogen-bond donors (Lipinski definition) is 2. The lowest BCUT2D eigenvalue weighted by Gasteiger charge is -2.36. The van der Waals surface area contributed by atoms with Gasteiger partial charge in [0.1, 0.15) is 5.82 Å². The molecule has 1 aromatic carbocycles. The first-order chi connectivity index (χ1) is 10.1. The third-order valence-corrected chi connectivity index (χ3v) is 3.40. The van der Waals surface area contributed by atoms with Gasteiger partial charge in [-0.2, -0.15) is 0 Å². The maximum Gasteiger partial charge on any atom is 0.124 e. The summed E-state index contributed by atoms with van der Waals surface area (Å²) in [4.78, 5) is 2.19. The lowest BCUT2D eigenvalue weighted by molar-refractivity contribution is -0.0972. The van der Waals surface area contributed by atoms with E-state index in [9.17, 15) is 9.50 Å². The first-order valence-corrected chi connectivity index (χ1v) is 7.08. The van der Waals surface area contributed by atoms with E-state index in [1.807, 2.05) is 6.92 Å². The SMILES string of the molecule is CC1CN(Cc2ccc(F)cc2C#CCN)CC(CO)O1. The molecule has 4 nitrogen and oxygen atoms in total. The fourth-order valence-electron chi connectivity index (χ4n) is 2.56. The Bertz CT molecular complexity index is 539. The maximum absolute atomic E-state index is 13.4. The van der Waals surface area contributed by atoms with Crippen LogP contribution in [-0.2, 0) is 11.3 Å². The molecular weight excluding hydrogens is 271 g/mol. The Hall–Kier alpha value is -1.45. The van der Waals surface area contributed by atoms with E-state index in [4.69, 9.17) is 10.5 Å². The van der Waals surface area contributed by atoms with Crippen LogP contribution in [0, 0.1) is 17.7 Å². The summed E-state index contributed by atoms with van der Waals surface area (Å²) < 4.78 is 19.0. The summed E-state index contributed by atoms with van der Waals surface area (Å²) in [5, 5.41) is 9.26. The van der Waals surface area contributed by atoms with Gasteiger partial charge >= 0.3 is 0 Å². The van der Waals surface area contributed by atoms with Gasteiger partial charge in [0.2, 0.25) is 0 Å². The van der Waals surface area contributed by atoms with Crippen molar-refractivity contribution in [3.8, 4) is 11.8 Å². The number of morpholine rings is 1. The molecule has 0 amide bonds. The summed E-state index contributed by atoms with van der Waals surface area (Å²) in [7, 11) is 0. The number of ether oxygens (including phenoxy) is 1. The van der Waals surface area contributed by atoms with Crippen LogP contribution in [0.15, 0.2) is 18.2 Å². The molecule has 5 heteroatoms. The van der Waals surface area contributed by atoms with Gasteiger partial charge in [-0.1, -0.05) is 17.9 Å². The van der Waals surface area contributed by atoms with E-state index in [1.165, 1.54) is 12.1 Å². The van der Waals surface area contributed by atoms with Crippen LogP contribution in [0.4, 0.5) is 4.39 Å². The van der Waals surface area contributed by atoms with E-state index in [2.05, 4.69) is 16.7 Å². The third-order valence-electron chi connectivity index (χ3n) is 3.40. The number of nitrogens with two attached hydrogens (primary N) is 1. The highest BCUT2D eigenvalue weighted by atomic mass is 19.1. The average Bonchev–Trinajstić information content (AvgIpc) is 2.46. The van der Waals surface area contributed by atoms with Crippen molar-refractivity contribution in [2.24, 2.45) is 5.73 Å². The number of rotatable bonds is 3. The number of aliphatic hydroxyl groups is 1. The van der Waals surface area contributed by atoms with Crippen LogP contribution in [0.3, 0.4) is 0 Å². The zero-order valence-corrected chi connectivity index (χ0v) is 12.2. The summed E-state index contributed by atoms with van der Waals surface area (Å²) in [5.74, 6) is 5.38. The Morgan fingerprint density at radius 1 is 1.48 bits per heavy atom. The second-order valence-corrected chi connectivity index (χ2v) is 5.25. The smallest absolute Gasteiger partial charge is 0.124 e. The van der Waals surface area contributed by atoms with Crippen molar-refractivity contribution in [3.05, 3.63) is 35.1 Å². The molecule has 1 aliphatic rings. The fraction of sp³-hybridized carbons (Fsp3) is 0.500. The van der Waals surface area contributed by atoms with Crippen molar-refractivity contribution in [2.75, 3.05) is 26.2 Å². The summed E-state index contributed by atoms with van der Waals surface area (Å²) in [6.45, 7) is 4.31.